The molecule has 0 aromatic carbocycles. The van der Waals surface area contributed by atoms with Gasteiger partial charge in [-0.15, -0.1) is 0 Å². The summed E-state index contributed by atoms with van der Waals surface area (Å²) >= 11 is 0. The zero-order valence-electron chi connectivity index (χ0n) is 3.74. The van der Waals surface area contributed by atoms with Crippen LogP contribution >= 0.6 is 0 Å². The van der Waals surface area contributed by atoms with E-state index in [-0.39, 0.29) is 150 Å². The molecular formula is H5Nd3O5+4. The van der Waals surface area contributed by atoms with E-state index in [0.29, 0.717) is 0 Å². The zero-order chi connectivity index (χ0) is 0. The van der Waals surface area contributed by atoms with E-state index in [4.69, 9.17) is 0 Å². The molecule has 0 aliphatic carbocycles. The molecule has 43 valence electrons. The fraction of sp³-hybridized carbons (Fsp3) is 0. The predicted molar refractivity (Wildman–Crippen MR) is 9.68 cm³/mol. The molecule has 0 spiro atoms. The van der Waals surface area contributed by atoms with Crippen LogP contribution in [0.2, 0.25) is 0 Å². The second-order valence-electron chi connectivity index (χ2n) is 0. The average Bonchev–Trinajstić information content (AvgIpc) is 0. The number of hydrogen-bond donors (Lipinski definition) is 0. The summed E-state index contributed by atoms with van der Waals surface area (Å²) < 4.78 is 0. The van der Waals surface area contributed by atoms with Crippen molar-refractivity contribution in [2.45, 2.75) is 0 Å². The molecule has 8 heteroatoms. The minimum absolute atomic E-state index is 0. The standard InChI is InChI=1S/3Nd.5H2O/h;;;5*1H2/q3*+3;;;;;/p-5. The molecule has 5 nitrogen and oxygen atoms in total. The minimum Gasteiger partial charge on any atom is -0.870 e. The van der Waals surface area contributed by atoms with Gasteiger partial charge in [0.05, 0.1) is 0 Å². The maximum Gasteiger partial charge on any atom is 3.00 e. The van der Waals surface area contributed by atoms with Gasteiger partial charge in [-0.05, 0) is 0 Å². The molecule has 0 aromatic rings. The maximum atomic E-state index is 0. The van der Waals surface area contributed by atoms with Gasteiger partial charge < -0.3 is 27.4 Å². The summed E-state index contributed by atoms with van der Waals surface area (Å²) in [4.78, 5) is 0. The normalized spacial score (nSPS) is 0. The van der Waals surface area contributed by atoms with Gasteiger partial charge in [0, 0.05) is 0 Å². The summed E-state index contributed by atoms with van der Waals surface area (Å²) in [7, 11) is 0. The first-order valence-corrected chi connectivity index (χ1v) is 0. The Labute approximate surface area is 146 Å². The van der Waals surface area contributed by atoms with Gasteiger partial charge in [0.25, 0.3) is 0 Å². The molecule has 8 heavy (non-hydrogen) atoms. The van der Waals surface area contributed by atoms with Gasteiger partial charge >= 0.3 is 123 Å². The Kier molecular flexibility index (Phi) is 835. The zero-order valence-corrected chi connectivity index (χ0v) is 13.4. The van der Waals surface area contributed by atoms with Gasteiger partial charge in [-0.1, -0.05) is 0 Å². The summed E-state index contributed by atoms with van der Waals surface area (Å²) in [5.41, 5.74) is 0. The van der Waals surface area contributed by atoms with Crippen molar-refractivity contribution >= 4 is 0 Å². The van der Waals surface area contributed by atoms with Crippen LogP contribution in [0.25, 0.3) is 0 Å². The molecule has 0 fully saturated rings. The number of hydrogen-bond acceptors (Lipinski definition) is 5. The Hall–Kier alpha value is 3.85. The van der Waals surface area contributed by atoms with Crippen molar-refractivity contribution in [1.29, 1.82) is 0 Å². The Balaban J connectivity index is 0. The van der Waals surface area contributed by atoms with Gasteiger partial charge in [0.2, 0.25) is 0 Å². The molecule has 0 aromatic heterocycles. The van der Waals surface area contributed by atoms with Crippen LogP contribution in [0.15, 0.2) is 0 Å². The Morgan fingerprint density at radius 3 is 0.250 bits per heavy atom. The van der Waals surface area contributed by atoms with E-state index in [9.17, 15) is 0 Å². The first-order chi connectivity index (χ1) is 0. The van der Waals surface area contributed by atoms with Crippen LogP contribution in [0.3, 0.4) is 0 Å². The van der Waals surface area contributed by atoms with E-state index in [1.807, 2.05) is 0 Å². The van der Waals surface area contributed by atoms with E-state index < -0.39 is 0 Å². The van der Waals surface area contributed by atoms with Crippen molar-refractivity contribution < 1.29 is 150 Å². The molecule has 0 unspecified atom stereocenters. The fourth-order valence-electron chi connectivity index (χ4n) is 0. The second-order valence-corrected chi connectivity index (χ2v) is 0. The third-order valence-corrected chi connectivity index (χ3v) is 0. The van der Waals surface area contributed by atoms with Crippen LogP contribution in [0, 0.1) is 123 Å². The summed E-state index contributed by atoms with van der Waals surface area (Å²) in [5.74, 6) is 0. The maximum absolute atomic E-state index is 0. The van der Waals surface area contributed by atoms with Crippen LogP contribution in [-0.2, 0) is 0 Å². The van der Waals surface area contributed by atoms with Gasteiger partial charge in [-0.2, -0.15) is 0 Å². The van der Waals surface area contributed by atoms with E-state index in [1.165, 1.54) is 0 Å². The molecule has 0 aliphatic rings. The van der Waals surface area contributed by atoms with E-state index in [1.54, 1.807) is 0 Å². The third-order valence-electron chi connectivity index (χ3n) is 0. The molecule has 3 radical (unpaired) electrons. The van der Waals surface area contributed by atoms with E-state index in [0.717, 1.165) is 0 Å². The SMILES string of the molecule is [Nd+3].[Nd+3].[Nd+3].[OH-].[OH-].[OH-].[OH-].[OH-]. The molecule has 0 heterocycles. The van der Waals surface area contributed by atoms with Crippen LogP contribution in [0.1, 0.15) is 0 Å². The summed E-state index contributed by atoms with van der Waals surface area (Å²) in [6, 6.07) is 0. The second kappa shape index (κ2) is 71.0. The average molecular weight is 518 g/mol. The molecular weight excluding hydrogens is 513 g/mol. The van der Waals surface area contributed by atoms with Crippen molar-refractivity contribution in [1.82, 2.24) is 0 Å². The predicted octanol–water partition coefficient (Wildman–Crippen LogP) is -0.884. The Morgan fingerprint density at radius 2 is 0.250 bits per heavy atom. The van der Waals surface area contributed by atoms with Crippen LogP contribution < -0.4 is 0 Å². The van der Waals surface area contributed by atoms with E-state index >= 15 is 0 Å². The first kappa shape index (κ1) is 94.1. The van der Waals surface area contributed by atoms with Crippen molar-refractivity contribution in [2.75, 3.05) is 0 Å². The van der Waals surface area contributed by atoms with E-state index in [2.05, 4.69) is 0 Å². The van der Waals surface area contributed by atoms with Gasteiger partial charge in [0.15, 0.2) is 0 Å². The van der Waals surface area contributed by atoms with Crippen LogP contribution in [0.4, 0.5) is 0 Å². The van der Waals surface area contributed by atoms with Gasteiger partial charge in [-0.25, -0.2) is 0 Å². The third kappa shape index (κ3) is 52.0. The topological polar surface area (TPSA) is 150 Å². The Morgan fingerprint density at radius 1 is 0.250 bits per heavy atom. The molecule has 0 atom stereocenters. The summed E-state index contributed by atoms with van der Waals surface area (Å²) in [5, 5.41) is 0. The molecule has 0 saturated heterocycles. The molecule has 0 bridgehead atoms. The quantitative estimate of drug-likeness (QED) is 0.409. The van der Waals surface area contributed by atoms with Gasteiger partial charge in [0.1, 0.15) is 0 Å². The van der Waals surface area contributed by atoms with Crippen LogP contribution in [-0.4, -0.2) is 27.4 Å². The molecule has 0 amide bonds. The fourth-order valence-corrected chi connectivity index (χ4v) is 0. The summed E-state index contributed by atoms with van der Waals surface area (Å²) in [6.07, 6.45) is 0. The number of rotatable bonds is 0. The van der Waals surface area contributed by atoms with Crippen molar-refractivity contribution in [3.63, 3.8) is 0 Å². The smallest absolute Gasteiger partial charge is 0.870 e. The van der Waals surface area contributed by atoms with Crippen LogP contribution in [0.5, 0.6) is 0 Å². The van der Waals surface area contributed by atoms with Gasteiger partial charge in [-0.3, -0.25) is 0 Å². The monoisotopic (exact) mass is 511 g/mol. The first-order valence-electron chi connectivity index (χ1n) is 0. The minimum atomic E-state index is 0. The summed E-state index contributed by atoms with van der Waals surface area (Å²) in [6.45, 7) is 0. The molecule has 0 rings (SSSR count). The molecule has 5 N–H and O–H groups in total. The largest absolute Gasteiger partial charge is 3.00 e. The molecule has 0 aliphatic heterocycles. The van der Waals surface area contributed by atoms with Crippen molar-refractivity contribution in [2.24, 2.45) is 0 Å². The Bertz CT molecular complexity index is 7.64. The molecule has 0 saturated carbocycles. The van der Waals surface area contributed by atoms with Crippen molar-refractivity contribution in [3.8, 4) is 0 Å². The van der Waals surface area contributed by atoms with Crippen molar-refractivity contribution in [3.05, 3.63) is 0 Å².